The summed E-state index contributed by atoms with van der Waals surface area (Å²) >= 11 is 0.898. The van der Waals surface area contributed by atoms with Crippen molar-refractivity contribution in [1.82, 2.24) is 0 Å². The van der Waals surface area contributed by atoms with E-state index >= 15 is 8.78 Å². The van der Waals surface area contributed by atoms with Crippen molar-refractivity contribution in [2.24, 2.45) is 34.5 Å². The van der Waals surface area contributed by atoms with Crippen molar-refractivity contribution < 1.29 is 38.1 Å². The lowest BCUT2D eigenvalue weighted by atomic mass is 9.44. The lowest BCUT2D eigenvalue weighted by Gasteiger charge is -2.63. The number of carbonyl (C=O) groups excluding carboxylic acids is 3. The fourth-order valence-corrected chi connectivity index (χ4v) is 10.4. The molecule has 6 nitrogen and oxygen atoms in total. The molecule has 0 spiro atoms. The summed E-state index contributed by atoms with van der Waals surface area (Å²) in [5, 5.41) is 20.4. The van der Waals surface area contributed by atoms with Gasteiger partial charge in [0.15, 0.2) is 17.1 Å². The van der Waals surface area contributed by atoms with Crippen LogP contribution in [0.1, 0.15) is 78.6 Å². The molecule has 5 aliphatic rings. The summed E-state index contributed by atoms with van der Waals surface area (Å²) in [5.41, 5.74) is -6.61. The summed E-state index contributed by atoms with van der Waals surface area (Å²) < 4.78 is 39.8. The van der Waals surface area contributed by atoms with Crippen LogP contribution < -0.4 is 0 Å². The van der Waals surface area contributed by atoms with Crippen molar-refractivity contribution in [1.29, 1.82) is 0 Å². The molecule has 230 valence electrons. The highest BCUT2D eigenvalue weighted by Gasteiger charge is 2.78. The van der Waals surface area contributed by atoms with Gasteiger partial charge >= 0.3 is 5.97 Å². The third-order valence-electron chi connectivity index (χ3n) is 11.4. The topological polar surface area (TPSA) is 101 Å². The van der Waals surface area contributed by atoms with E-state index in [1.165, 1.54) is 12.2 Å². The molecule has 9 atom stereocenters. The maximum Gasteiger partial charge on any atom is 0.307 e. The number of esters is 1. The summed E-state index contributed by atoms with van der Waals surface area (Å²) in [7, 11) is 0. The van der Waals surface area contributed by atoms with Crippen molar-refractivity contribution in [3.05, 3.63) is 23.8 Å². The number of halogens is 2. The maximum absolute atomic E-state index is 17.6. The van der Waals surface area contributed by atoms with Crippen LogP contribution >= 0.6 is 11.8 Å². The van der Waals surface area contributed by atoms with Gasteiger partial charge in [0.1, 0.15) is 12.8 Å². The summed E-state index contributed by atoms with van der Waals surface area (Å²) in [6.07, 6.45) is 5.77. The molecule has 4 saturated carbocycles. The van der Waals surface area contributed by atoms with Crippen LogP contribution in [0.15, 0.2) is 23.8 Å². The van der Waals surface area contributed by atoms with Crippen LogP contribution in [0.4, 0.5) is 8.78 Å². The molecule has 42 heavy (non-hydrogen) atoms. The van der Waals surface area contributed by atoms with Gasteiger partial charge < -0.3 is 14.9 Å². The number of rotatable bonds is 5. The van der Waals surface area contributed by atoms with E-state index in [1.807, 2.05) is 6.92 Å². The predicted molar refractivity (Wildman–Crippen MR) is 156 cm³/mol. The Balaban J connectivity index is 1.55. The number of fused-ring (bicyclic) bond motifs is 5. The Labute approximate surface area is 251 Å². The Morgan fingerprint density at radius 1 is 1.14 bits per heavy atom. The zero-order valence-electron chi connectivity index (χ0n) is 24.7. The minimum atomic E-state index is -2.28. The molecular weight excluding hydrogens is 562 g/mol. The lowest BCUT2D eigenvalue weighted by Crippen LogP contribution is -2.70. The average molecular weight is 605 g/mol. The Bertz CT molecular complexity index is 1250. The second-order valence-electron chi connectivity index (χ2n) is 13.5. The minimum Gasteiger partial charge on any atom is -0.449 e. The standard InChI is InChI=1S/C33H42F2O6S/c1-20-15-23-24-18-26(34)25-17-22(37)11-12-30(25,2)32(24,35)27(38)19-31(23,3)33(20,29(40)42-14-8-7-13-36)41-28(39)16-21-9-5-4-6-10-21/h11-12,17,20-21,23-24,26-27,36,38H,4-6,9-10,13-16,18-19H2,1-3H3/t20-,23+,24+,26+,27+,30+,31+,32+,33+/m1/s1. The molecule has 0 aromatic carbocycles. The number of hydrogen-bond donors (Lipinski definition) is 2. The Hall–Kier alpha value is -2.02. The highest BCUT2D eigenvalue weighted by Crippen LogP contribution is 2.72. The molecule has 0 aromatic rings. The maximum atomic E-state index is 17.6. The SMILES string of the molecule is C[C@@H]1C[C@H]2[C@@H]3C[C@H](F)C4=CC(=O)C=C[C@]4(C)[C@@]3(F)[C@@H](O)C[C@]2(C)[C@@]1(OC(=O)CC1CCCCC1)C(=O)SCC#CCO. The monoisotopic (exact) mass is 604 g/mol. The molecule has 4 fully saturated rings. The van der Waals surface area contributed by atoms with Crippen LogP contribution in [-0.2, 0) is 19.1 Å². The number of aliphatic hydroxyl groups excluding tert-OH is 2. The normalized spacial score (nSPS) is 42.9. The van der Waals surface area contributed by atoms with Crippen LogP contribution in [0, 0.1) is 46.3 Å². The molecule has 0 bridgehead atoms. The van der Waals surface area contributed by atoms with E-state index in [4.69, 9.17) is 9.84 Å². The van der Waals surface area contributed by atoms with Crippen LogP contribution in [-0.4, -0.2) is 63.0 Å². The van der Waals surface area contributed by atoms with E-state index in [9.17, 15) is 19.5 Å². The average Bonchev–Trinajstić information content (AvgIpc) is 3.16. The molecule has 0 heterocycles. The van der Waals surface area contributed by atoms with Gasteiger partial charge in [-0.25, -0.2) is 8.78 Å². The summed E-state index contributed by atoms with van der Waals surface area (Å²) in [5.74, 6) is 2.55. The van der Waals surface area contributed by atoms with Crippen LogP contribution in [0.2, 0.25) is 0 Å². The van der Waals surface area contributed by atoms with Crippen molar-refractivity contribution >= 4 is 28.6 Å². The zero-order valence-corrected chi connectivity index (χ0v) is 25.5. The molecule has 0 aromatic heterocycles. The quantitative estimate of drug-likeness (QED) is 0.334. The smallest absolute Gasteiger partial charge is 0.307 e. The Kier molecular flexibility index (Phi) is 8.59. The van der Waals surface area contributed by atoms with Crippen molar-refractivity contribution in [3.8, 4) is 11.8 Å². The highest BCUT2D eigenvalue weighted by atomic mass is 32.2. The fraction of sp³-hybridized carbons (Fsp3) is 0.727. The van der Waals surface area contributed by atoms with E-state index in [0.29, 0.717) is 6.42 Å². The van der Waals surface area contributed by atoms with Gasteiger partial charge in [-0.2, -0.15) is 0 Å². The molecule has 5 rings (SSSR count). The first-order valence-electron chi connectivity index (χ1n) is 15.3. The molecule has 2 N–H and O–H groups in total. The van der Waals surface area contributed by atoms with E-state index in [2.05, 4.69) is 11.8 Å². The van der Waals surface area contributed by atoms with Gasteiger partial charge in [0, 0.05) is 29.1 Å². The van der Waals surface area contributed by atoms with Gasteiger partial charge in [0.25, 0.3) is 0 Å². The van der Waals surface area contributed by atoms with E-state index in [0.717, 1.165) is 49.9 Å². The second-order valence-corrected chi connectivity index (χ2v) is 14.4. The van der Waals surface area contributed by atoms with Gasteiger partial charge in [0.2, 0.25) is 5.12 Å². The first-order chi connectivity index (χ1) is 19.8. The van der Waals surface area contributed by atoms with Crippen molar-refractivity contribution in [2.75, 3.05) is 12.4 Å². The number of aliphatic hydroxyl groups is 2. The van der Waals surface area contributed by atoms with Gasteiger partial charge in [-0.3, -0.25) is 14.4 Å². The number of ketones is 1. The summed E-state index contributed by atoms with van der Waals surface area (Å²) in [4.78, 5) is 39.9. The number of hydrogen-bond acceptors (Lipinski definition) is 7. The molecular formula is C33H42F2O6S. The van der Waals surface area contributed by atoms with Gasteiger partial charge in [-0.05, 0) is 68.6 Å². The number of alkyl halides is 2. The molecule has 9 heteroatoms. The van der Waals surface area contributed by atoms with Crippen LogP contribution in [0.5, 0.6) is 0 Å². The summed E-state index contributed by atoms with van der Waals surface area (Å²) in [6.45, 7) is 4.81. The third kappa shape index (κ3) is 4.62. The van der Waals surface area contributed by atoms with Gasteiger partial charge in [-0.1, -0.05) is 62.8 Å². The first-order valence-corrected chi connectivity index (χ1v) is 16.3. The fourth-order valence-electron chi connectivity index (χ4n) is 9.38. The minimum absolute atomic E-state index is 0.0433. The van der Waals surface area contributed by atoms with E-state index in [-0.39, 0.29) is 43.1 Å². The number of allylic oxidation sites excluding steroid dienone is 4. The van der Waals surface area contributed by atoms with E-state index < -0.39 is 69.0 Å². The first kappa shape index (κ1) is 31.4. The molecule has 0 aliphatic heterocycles. The third-order valence-corrected chi connectivity index (χ3v) is 12.3. The number of ether oxygens (including phenoxy) is 1. The van der Waals surface area contributed by atoms with Gasteiger partial charge in [-0.15, -0.1) is 0 Å². The molecule has 5 aliphatic carbocycles. The molecule has 0 amide bonds. The number of carbonyl (C=O) groups is 3. The van der Waals surface area contributed by atoms with E-state index in [1.54, 1.807) is 13.8 Å². The molecule has 0 unspecified atom stereocenters. The largest absolute Gasteiger partial charge is 0.449 e. The van der Waals surface area contributed by atoms with Crippen LogP contribution in [0.25, 0.3) is 0 Å². The lowest BCUT2D eigenvalue weighted by molar-refractivity contribution is -0.229. The predicted octanol–water partition coefficient (Wildman–Crippen LogP) is 5.06. The Morgan fingerprint density at radius 3 is 2.55 bits per heavy atom. The van der Waals surface area contributed by atoms with Crippen molar-refractivity contribution in [3.63, 3.8) is 0 Å². The van der Waals surface area contributed by atoms with Crippen LogP contribution in [0.3, 0.4) is 0 Å². The molecule has 0 radical (unpaired) electrons. The number of thioether (sulfide) groups is 1. The summed E-state index contributed by atoms with van der Waals surface area (Å²) in [6, 6.07) is 0. The second kappa shape index (κ2) is 11.5. The Morgan fingerprint density at radius 2 is 1.86 bits per heavy atom. The zero-order chi connectivity index (χ0) is 30.5. The highest BCUT2D eigenvalue weighted by molar-refractivity contribution is 8.14. The molecule has 0 saturated heterocycles. The van der Waals surface area contributed by atoms with Gasteiger partial charge in [0.05, 0.1) is 11.9 Å². The van der Waals surface area contributed by atoms with Crippen molar-refractivity contribution in [2.45, 2.75) is 102 Å².